The summed E-state index contributed by atoms with van der Waals surface area (Å²) in [6.07, 6.45) is -56.8. The van der Waals surface area contributed by atoms with Gasteiger partial charge < -0.3 is 180 Å². The van der Waals surface area contributed by atoms with E-state index in [4.69, 9.17) is 61.6 Å². The predicted molar refractivity (Wildman–Crippen MR) is 290 cm³/mol. The zero-order valence-electron chi connectivity index (χ0n) is 50.6. The number of rotatable bonds is 24. The lowest BCUT2D eigenvalue weighted by molar-refractivity contribution is -0.375. The van der Waals surface area contributed by atoms with E-state index in [0.717, 1.165) is 34.6 Å². The van der Waals surface area contributed by atoms with Gasteiger partial charge in [-0.05, 0) is 0 Å². The number of ether oxygens (including phenoxy) is 13. The molecule has 0 spiro atoms. The molecule has 5 amide bonds. The summed E-state index contributed by atoms with van der Waals surface area (Å²) >= 11 is 0. The van der Waals surface area contributed by atoms with E-state index in [1.165, 1.54) is 0 Å². The van der Waals surface area contributed by atoms with Crippen LogP contribution < -0.4 is 26.6 Å². The molecule has 93 heavy (non-hydrogen) atoms. The summed E-state index contributed by atoms with van der Waals surface area (Å²) in [5.74, 6) is -4.09. The van der Waals surface area contributed by atoms with Crippen molar-refractivity contribution in [3.8, 4) is 0 Å². The Morgan fingerprint density at radius 1 is 0.280 bits per heavy atom. The minimum absolute atomic E-state index is 0.756. The second-order valence-electron chi connectivity index (χ2n) is 23.3. The van der Waals surface area contributed by atoms with Crippen LogP contribution in [-0.4, -0.2) is 382 Å². The third-order valence-electron chi connectivity index (χ3n) is 16.5. The first-order chi connectivity index (χ1) is 43.9. The van der Waals surface area contributed by atoms with Gasteiger partial charge in [0, 0.05) is 34.6 Å². The van der Waals surface area contributed by atoms with Gasteiger partial charge in [-0.15, -0.1) is 0 Å². The average molecular weight is 1360 g/mol. The largest absolute Gasteiger partial charge is 0.394 e. The first-order valence-corrected chi connectivity index (χ1v) is 29.6. The van der Waals surface area contributed by atoms with Gasteiger partial charge in [-0.3, -0.25) is 24.0 Å². The first-order valence-electron chi connectivity index (χ1n) is 29.6. The quantitative estimate of drug-likeness (QED) is 0.0427. The average Bonchev–Trinajstić information content (AvgIpc) is 0.812. The van der Waals surface area contributed by atoms with Crippen LogP contribution in [0.5, 0.6) is 0 Å². The zero-order chi connectivity index (χ0) is 68.8. The van der Waals surface area contributed by atoms with Crippen molar-refractivity contribution in [2.45, 2.75) is 249 Å². The Balaban J connectivity index is 1.08. The molecule has 0 radical (unpaired) electrons. The van der Waals surface area contributed by atoms with Gasteiger partial charge in [0.15, 0.2) is 44.0 Å². The Bertz CT molecular complexity index is 2440. The van der Waals surface area contributed by atoms with Gasteiger partial charge in [-0.1, -0.05) is 0 Å². The molecule has 0 unspecified atom stereocenters. The van der Waals surface area contributed by atoms with Crippen molar-refractivity contribution in [3.05, 3.63) is 0 Å². The summed E-state index contributed by atoms with van der Waals surface area (Å²) < 4.78 is 75.9. The monoisotopic (exact) mass is 1360 g/mol. The van der Waals surface area contributed by atoms with E-state index in [1.54, 1.807) is 0 Å². The molecule has 0 aromatic heterocycles. The van der Waals surface area contributed by atoms with Crippen LogP contribution in [0.4, 0.5) is 0 Å². The highest BCUT2D eigenvalue weighted by Gasteiger charge is 2.59. The fourth-order valence-electron chi connectivity index (χ4n) is 11.9. The molecular weight excluding hydrogens is 1270 g/mol. The van der Waals surface area contributed by atoms with Crippen LogP contribution in [0.1, 0.15) is 34.6 Å². The van der Waals surface area contributed by atoms with Gasteiger partial charge in [0.1, 0.15) is 171 Å². The van der Waals surface area contributed by atoms with Crippen molar-refractivity contribution in [3.63, 3.8) is 0 Å². The van der Waals surface area contributed by atoms with Gasteiger partial charge in [0.25, 0.3) is 0 Å². The van der Waals surface area contributed by atoms with E-state index >= 15 is 0 Å². The Hall–Kier alpha value is -3.89. The number of nitrogens with one attached hydrogen (secondary N) is 5. The molecule has 0 aromatic carbocycles. The number of aliphatic hydroxyl groups excluding tert-OH is 18. The minimum atomic E-state index is -2.18. The van der Waals surface area contributed by atoms with Crippen LogP contribution in [0.3, 0.4) is 0 Å². The van der Waals surface area contributed by atoms with Crippen LogP contribution in [0.2, 0.25) is 0 Å². The fraction of sp³-hybridized carbons (Fsp3) is 0.904. The molecule has 41 heteroatoms. The van der Waals surface area contributed by atoms with Gasteiger partial charge >= 0.3 is 0 Å². The van der Waals surface area contributed by atoms with Crippen molar-refractivity contribution in [2.75, 3.05) is 46.2 Å². The van der Waals surface area contributed by atoms with Crippen LogP contribution in [0.15, 0.2) is 0 Å². The molecule has 7 aliphatic rings. The highest BCUT2D eigenvalue weighted by atomic mass is 16.8. The molecule has 41 nitrogen and oxygen atoms in total. The van der Waals surface area contributed by atoms with Crippen molar-refractivity contribution in [1.29, 1.82) is 0 Å². The van der Waals surface area contributed by atoms with Gasteiger partial charge in [0.2, 0.25) is 29.5 Å². The molecule has 0 saturated carbocycles. The van der Waals surface area contributed by atoms with Crippen molar-refractivity contribution < 1.29 is 177 Å². The van der Waals surface area contributed by atoms with Gasteiger partial charge in [-0.25, -0.2) is 0 Å². The second-order valence-corrected chi connectivity index (χ2v) is 23.3. The van der Waals surface area contributed by atoms with E-state index in [9.17, 15) is 116 Å². The molecule has 7 aliphatic heterocycles. The smallest absolute Gasteiger partial charge is 0.217 e. The predicted octanol–water partition coefficient (Wildman–Crippen LogP) is -15.6. The number of amides is 5. The maximum Gasteiger partial charge on any atom is 0.217 e. The summed E-state index contributed by atoms with van der Waals surface area (Å²) in [6.45, 7) is -1.72. The summed E-state index contributed by atoms with van der Waals surface area (Å²) in [7, 11) is 0. The van der Waals surface area contributed by atoms with Crippen LogP contribution in [-0.2, 0) is 85.6 Å². The summed E-state index contributed by atoms with van der Waals surface area (Å²) in [4.78, 5) is 62.4. The number of aliphatic hydroxyl groups is 18. The molecule has 7 fully saturated rings. The maximum atomic E-state index is 12.8. The minimum Gasteiger partial charge on any atom is -0.394 e. The highest BCUT2D eigenvalue weighted by molar-refractivity contribution is 5.75. The van der Waals surface area contributed by atoms with Crippen LogP contribution in [0.25, 0.3) is 0 Å². The maximum absolute atomic E-state index is 12.8. The molecule has 0 aromatic rings. The third-order valence-corrected chi connectivity index (χ3v) is 16.5. The number of carbonyl (C=O) groups is 5. The lowest BCUT2D eigenvalue weighted by atomic mass is 9.93. The molecule has 536 valence electrons. The van der Waals surface area contributed by atoms with Gasteiger partial charge in [-0.2, -0.15) is 0 Å². The molecule has 0 aliphatic carbocycles. The summed E-state index contributed by atoms with van der Waals surface area (Å²) in [5, 5.41) is 209. The number of hydrogen-bond acceptors (Lipinski definition) is 36. The lowest BCUT2D eigenvalue weighted by Gasteiger charge is -2.50. The second kappa shape index (κ2) is 33.6. The van der Waals surface area contributed by atoms with Crippen molar-refractivity contribution >= 4 is 29.5 Å². The van der Waals surface area contributed by atoms with E-state index in [1.807, 2.05) is 0 Å². The van der Waals surface area contributed by atoms with Crippen LogP contribution in [0, 0.1) is 0 Å². The topological polar surface area (TPSA) is 630 Å². The van der Waals surface area contributed by atoms with E-state index < -0.39 is 290 Å². The van der Waals surface area contributed by atoms with Crippen LogP contribution >= 0.6 is 0 Å². The normalized spacial score (nSPS) is 46.4. The Morgan fingerprint density at radius 3 is 0.903 bits per heavy atom. The Kier molecular flexibility index (Phi) is 27.6. The SMILES string of the molecule is CC(=O)N[C@@H]1[C@@H](O[C@@H]2O[C@H](CO)[C@@H](O[C@@H]3O[C@H](CO)[C@H](O)[C@H](O[C@@H]4O[C@H](CO)[C@@H](O)[C@H](O)[C@H]4NC(C)=O)[C@H]3O)[C@H](O)[C@H]2NC(C)=O)[C@@H](O)[C@@H](CO[C@@H]2O[C@H](CO)[C@@H](O[C@@H]3O[C@H](CO)[C@H](O)[C@H](O[C@@H]4O[C@H](CO)[C@@H](O)[C@H](O)[C@H]4NC(C)=O)[C@H]3O)[C@H](O)[C@H]2NC(C)=O)O[C@H]1O. The highest BCUT2D eigenvalue weighted by Crippen LogP contribution is 2.37. The first kappa shape index (κ1) is 76.5. The molecule has 7 heterocycles. The summed E-state index contributed by atoms with van der Waals surface area (Å²) in [6, 6.07) is -8.52. The summed E-state index contributed by atoms with van der Waals surface area (Å²) in [5.41, 5.74) is 0. The van der Waals surface area contributed by atoms with E-state index in [0.29, 0.717) is 0 Å². The standard InChI is InChI=1S/C52H87N5O36/c1-13(64)53-25-35(74)30(69)18(6-58)83-48(25)92-44-32(71)20(8-60)85-51(39(44)78)89-41-22(10-62)87-47(27(37(41)76)55-15(3)66)81-12-24-34(73)43(29(46(80)82-24)57-17(5)68)91-50-28(56-16(4)67)38(77)42(23(11-63)88-50)90-52-40(79)45(33(72)21(9-61)86-52)93-49-26(54-14(2)65)36(75)31(70)19(7-59)84-49/h18-52,58-63,69-80H,6-12H2,1-5H3,(H,53,64)(H,54,65)(H,55,66)(H,56,67)(H,57,68)/t18-,19-,20-,21-,22-,23-,24-,25-,26-,27-,28-,29-,30-,31-,32+,33+,34+,35-,36-,37-,38-,39-,40-,41-,42-,43-,44+,45+,46-,47-,48+,49+,50+,51+,52+/m1/s1. The van der Waals surface area contributed by atoms with Crippen molar-refractivity contribution in [2.24, 2.45) is 0 Å². The fourth-order valence-corrected chi connectivity index (χ4v) is 11.9. The third kappa shape index (κ3) is 17.5. The zero-order valence-corrected chi connectivity index (χ0v) is 50.6. The number of carbonyl (C=O) groups excluding carboxylic acids is 5. The molecule has 23 N–H and O–H groups in total. The van der Waals surface area contributed by atoms with E-state index in [2.05, 4.69) is 26.6 Å². The van der Waals surface area contributed by atoms with Gasteiger partial charge in [0.05, 0.1) is 46.2 Å². The van der Waals surface area contributed by atoms with Crippen molar-refractivity contribution in [1.82, 2.24) is 26.6 Å². The molecular formula is C52H87N5O36. The Labute approximate surface area is 528 Å². The lowest BCUT2D eigenvalue weighted by Crippen LogP contribution is -2.71. The molecule has 35 atom stereocenters. The molecule has 0 bridgehead atoms. The molecule has 7 saturated heterocycles. The molecule has 7 rings (SSSR count). The van der Waals surface area contributed by atoms with E-state index in [-0.39, 0.29) is 0 Å². The number of hydrogen-bond donors (Lipinski definition) is 23. The Morgan fingerprint density at radius 2 is 0.548 bits per heavy atom.